The van der Waals surface area contributed by atoms with Crippen molar-refractivity contribution >= 4 is 0 Å². The maximum Gasteiger partial charge on any atom is 0.0975 e. The first kappa shape index (κ1) is 8.86. The first-order valence-corrected chi connectivity index (χ1v) is 3.19. The van der Waals surface area contributed by atoms with Crippen LogP contribution in [0.3, 0.4) is 0 Å². The van der Waals surface area contributed by atoms with Crippen LogP contribution in [0.1, 0.15) is 20.8 Å². The average molecular weight is 136 g/mol. The highest BCUT2D eigenvalue weighted by molar-refractivity contribution is 4.75. The highest BCUT2D eigenvalue weighted by Gasteiger charge is 2.28. The minimum atomic E-state index is -0.750. The van der Waals surface area contributed by atoms with Gasteiger partial charge in [0.2, 0.25) is 0 Å². The van der Waals surface area contributed by atoms with Gasteiger partial charge in [0.05, 0.1) is 13.3 Å². The molecule has 0 radical (unpaired) electrons. The van der Waals surface area contributed by atoms with Gasteiger partial charge in [-0.15, -0.1) is 0 Å². The molecule has 0 aromatic heterocycles. The molecule has 0 heterocycles. The molecule has 56 valence electrons. The lowest BCUT2D eigenvalue weighted by atomic mass is 9.82. The van der Waals surface area contributed by atoms with Crippen LogP contribution in [0.5, 0.6) is 0 Å². The van der Waals surface area contributed by atoms with E-state index in [1.807, 2.05) is 13.8 Å². The van der Waals surface area contributed by atoms with Crippen LogP contribution in [0.15, 0.2) is 0 Å². The molecule has 0 spiro atoms. The first-order chi connectivity index (χ1) is 4.06. The van der Waals surface area contributed by atoms with Gasteiger partial charge in [0.1, 0.15) is 0 Å². The van der Waals surface area contributed by atoms with E-state index in [9.17, 15) is 8.78 Å². The molecule has 0 unspecified atom stereocenters. The Kier molecular flexibility index (Phi) is 3.09. The number of halogens is 2. The summed E-state index contributed by atoms with van der Waals surface area (Å²) in [5.74, 6) is 0.0764. The molecule has 0 aromatic rings. The van der Waals surface area contributed by atoms with Crippen molar-refractivity contribution in [1.82, 2.24) is 0 Å². The summed E-state index contributed by atoms with van der Waals surface area (Å²) in [5, 5.41) is 0. The van der Waals surface area contributed by atoms with Crippen LogP contribution in [-0.2, 0) is 0 Å². The van der Waals surface area contributed by atoms with E-state index in [0.29, 0.717) is 0 Å². The van der Waals surface area contributed by atoms with Crippen molar-refractivity contribution in [3.05, 3.63) is 0 Å². The Balaban J connectivity index is 3.92. The summed E-state index contributed by atoms with van der Waals surface area (Å²) < 4.78 is 24.1. The third-order valence-corrected chi connectivity index (χ3v) is 2.00. The smallest absolute Gasteiger partial charge is 0.0975 e. The van der Waals surface area contributed by atoms with E-state index < -0.39 is 18.8 Å². The highest BCUT2D eigenvalue weighted by Crippen LogP contribution is 2.27. The fraction of sp³-hybridized carbons (Fsp3) is 1.00. The maximum absolute atomic E-state index is 12.1. The summed E-state index contributed by atoms with van der Waals surface area (Å²) in [6.45, 7) is 4.15. The van der Waals surface area contributed by atoms with E-state index >= 15 is 0 Å². The van der Waals surface area contributed by atoms with E-state index in [-0.39, 0.29) is 5.92 Å². The first-order valence-electron chi connectivity index (χ1n) is 3.19. The average Bonchev–Trinajstić information content (AvgIpc) is 1.86. The van der Waals surface area contributed by atoms with Crippen LogP contribution in [0, 0.1) is 11.3 Å². The topological polar surface area (TPSA) is 0 Å². The molecule has 0 nitrogen and oxygen atoms in total. The summed E-state index contributed by atoms with van der Waals surface area (Å²) in [6, 6.07) is 0. The molecule has 0 saturated heterocycles. The van der Waals surface area contributed by atoms with Gasteiger partial charge >= 0.3 is 0 Å². The zero-order valence-corrected chi connectivity index (χ0v) is 6.25. The quantitative estimate of drug-likeness (QED) is 0.559. The third-order valence-electron chi connectivity index (χ3n) is 2.00. The lowest BCUT2D eigenvalue weighted by Crippen LogP contribution is -2.28. The van der Waals surface area contributed by atoms with Gasteiger partial charge < -0.3 is 0 Å². The van der Waals surface area contributed by atoms with Gasteiger partial charge in [-0.2, -0.15) is 0 Å². The van der Waals surface area contributed by atoms with Crippen LogP contribution in [0.2, 0.25) is 0 Å². The predicted molar refractivity (Wildman–Crippen MR) is 34.9 cm³/mol. The molecule has 0 atom stereocenters. The van der Waals surface area contributed by atoms with Gasteiger partial charge in [0.25, 0.3) is 0 Å². The molecule has 0 aliphatic rings. The second kappa shape index (κ2) is 3.14. The van der Waals surface area contributed by atoms with Gasteiger partial charge in [-0.1, -0.05) is 20.8 Å². The van der Waals surface area contributed by atoms with Crippen molar-refractivity contribution in [1.29, 1.82) is 0 Å². The molecule has 2 heteroatoms. The maximum atomic E-state index is 12.1. The van der Waals surface area contributed by atoms with Crippen molar-refractivity contribution in [3.8, 4) is 0 Å². The second-order valence-electron chi connectivity index (χ2n) is 3.08. The minimum Gasteiger partial charge on any atom is -0.250 e. The Hall–Kier alpha value is -0.140. The lowest BCUT2D eigenvalue weighted by Gasteiger charge is -2.26. The van der Waals surface area contributed by atoms with Crippen LogP contribution in [-0.4, -0.2) is 13.3 Å². The Bertz CT molecular complexity index is 75.0. The summed E-state index contributed by atoms with van der Waals surface area (Å²) >= 11 is 0. The second-order valence-corrected chi connectivity index (χ2v) is 3.08. The van der Waals surface area contributed by atoms with Crippen LogP contribution in [0.25, 0.3) is 0 Å². The minimum absolute atomic E-state index is 0.0764. The molecular weight excluding hydrogens is 122 g/mol. The fourth-order valence-electron chi connectivity index (χ4n) is 0.344. The number of hydrogen-bond acceptors (Lipinski definition) is 0. The van der Waals surface area contributed by atoms with Gasteiger partial charge in [-0.3, -0.25) is 8.78 Å². The van der Waals surface area contributed by atoms with Crippen molar-refractivity contribution in [2.75, 3.05) is 13.3 Å². The Labute approximate surface area is 55.3 Å². The van der Waals surface area contributed by atoms with Gasteiger partial charge in [-0.25, -0.2) is 0 Å². The zero-order valence-electron chi connectivity index (χ0n) is 6.25. The molecule has 0 bridgehead atoms. The number of rotatable bonds is 3. The van der Waals surface area contributed by atoms with E-state index in [2.05, 4.69) is 0 Å². The molecule has 0 aliphatic carbocycles. The SMILES string of the molecule is CC(C)C(C)(CF)CF. The Morgan fingerprint density at radius 2 is 1.56 bits per heavy atom. The Morgan fingerprint density at radius 3 is 1.56 bits per heavy atom. The van der Waals surface area contributed by atoms with Crippen LogP contribution < -0.4 is 0 Å². The molecule has 9 heavy (non-hydrogen) atoms. The molecule has 0 aliphatic heterocycles. The Morgan fingerprint density at radius 1 is 1.22 bits per heavy atom. The normalized spacial score (nSPS) is 12.7. The van der Waals surface area contributed by atoms with Gasteiger partial charge in [-0.05, 0) is 5.92 Å². The third kappa shape index (κ3) is 1.92. The zero-order chi connectivity index (χ0) is 7.49. The summed E-state index contributed by atoms with van der Waals surface area (Å²) in [5.41, 5.74) is -0.750. The summed E-state index contributed by atoms with van der Waals surface area (Å²) in [4.78, 5) is 0. The van der Waals surface area contributed by atoms with Crippen molar-refractivity contribution in [2.45, 2.75) is 20.8 Å². The number of hydrogen-bond donors (Lipinski definition) is 0. The van der Waals surface area contributed by atoms with Crippen molar-refractivity contribution in [2.24, 2.45) is 11.3 Å². The fourth-order valence-corrected chi connectivity index (χ4v) is 0.344. The lowest BCUT2D eigenvalue weighted by molar-refractivity contribution is 0.115. The molecule has 0 aromatic carbocycles. The molecule has 0 rings (SSSR count). The monoisotopic (exact) mass is 136 g/mol. The van der Waals surface area contributed by atoms with Crippen molar-refractivity contribution in [3.63, 3.8) is 0 Å². The molecular formula is C7H14F2. The van der Waals surface area contributed by atoms with Gasteiger partial charge in [0, 0.05) is 5.41 Å². The van der Waals surface area contributed by atoms with Crippen molar-refractivity contribution < 1.29 is 8.78 Å². The summed E-state index contributed by atoms with van der Waals surface area (Å²) in [6.07, 6.45) is 0. The number of alkyl halides is 2. The standard InChI is InChI=1S/C7H14F2/c1-6(2)7(3,4-8)5-9/h6H,4-5H2,1-3H3. The van der Waals surface area contributed by atoms with E-state index in [1.54, 1.807) is 6.92 Å². The van der Waals surface area contributed by atoms with E-state index in [4.69, 9.17) is 0 Å². The molecule has 0 fully saturated rings. The highest BCUT2D eigenvalue weighted by atomic mass is 19.1. The van der Waals surface area contributed by atoms with E-state index in [0.717, 1.165) is 0 Å². The molecule has 0 saturated carbocycles. The van der Waals surface area contributed by atoms with Crippen LogP contribution >= 0.6 is 0 Å². The predicted octanol–water partition coefficient (Wildman–Crippen LogP) is 2.59. The van der Waals surface area contributed by atoms with E-state index in [1.165, 1.54) is 0 Å². The molecule has 0 N–H and O–H groups in total. The van der Waals surface area contributed by atoms with Gasteiger partial charge in [0.15, 0.2) is 0 Å². The van der Waals surface area contributed by atoms with Crippen LogP contribution in [0.4, 0.5) is 8.78 Å². The molecule has 0 amide bonds. The summed E-state index contributed by atoms with van der Waals surface area (Å²) in [7, 11) is 0. The largest absolute Gasteiger partial charge is 0.250 e.